The van der Waals surface area contributed by atoms with Crippen molar-refractivity contribution in [2.75, 3.05) is 14.2 Å². The van der Waals surface area contributed by atoms with Crippen molar-refractivity contribution in [1.82, 2.24) is 4.98 Å². The Hall–Kier alpha value is -2.15. The summed E-state index contributed by atoms with van der Waals surface area (Å²) in [6.07, 6.45) is 0.753. The number of nitrogens with zero attached hydrogens (tertiary/aromatic N) is 1. The molecule has 1 aromatic heterocycles. The Morgan fingerprint density at radius 2 is 1.86 bits per heavy atom. The van der Waals surface area contributed by atoms with Gasteiger partial charge < -0.3 is 14.6 Å². The maximum atomic E-state index is 11.9. The third-order valence-electron chi connectivity index (χ3n) is 3.25. The van der Waals surface area contributed by atoms with Gasteiger partial charge >= 0.3 is 11.9 Å². The van der Waals surface area contributed by atoms with Crippen LogP contribution in [-0.4, -0.2) is 36.2 Å². The van der Waals surface area contributed by atoms with Crippen LogP contribution in [0.2, 0.25) is 0 Å². The predicted octanol–water partition coefficient (Wildman–Crippen LogP) is 2.84. The molecular formula is C15H14BrNO5. The Labute approximate surface area is 135 Å². The van der Waals surface area contributed by atoms with Crippen LogP contribution < -0.4 is 0 Å². The number of ether oxygens (including phenoxy) is 2. The quantitative estimate of drug-likeness (QED) is 0.839. The van der Waals surface area contributed by atoms with E-state index in [1.54, 1.807) is 6.07 Å². The van der Waals surface area contributed by atoms with Crippen LogP contribution in [0.15, 0.2) is 16.6 Å². The average Bonchev–Trinajstić information content (AvgIpc) is 2.52. The summed E-state index contributed by atoms with van der Waals surface area (Å²) in [4.78, 5) is 28.0. The normalized spacial score (nSPS) is 10.5. The molecule has 0 fully saturated rings. The fourth-order valence-corrected chi connectivity index (χ4v) is 2.81. The SMILES string of the molecule is CCc1cc(Br)c2c(O)c(C(=O)OC)c(C(=O)OC)nc2c1. The lowest BCUT2D eigenvalue weighted by atomic mass is 10.0. The Kier molecular flexibility index (Phi) is 4.65. The number of hydrogen-bond donors (Lipinski definition) is 1. The summed E-state index contributed by atoms with van der Waals surface area (Å²) in [7, 11) is 2.33. The number of aryl methyl sites for hydroxylation is 1. The number of carbonyl (C=O) groups excluding carboxylic acids is 2. The zero-order chi connectivity index (χ0) is 16.4. The van der Waals surface area contributed by atoms with Gasteiger partial charge in [0.05, 0.1) is 25.1 Å². The van der Waals surface area contributed by atoms with E-state index in [4.69, 9.17) is 0 Å². The number of rotatable bonds is 3. The van der Waals surface area contributed by atoms with E-state index in [9.17, 15) is 14.7 Å². The lowest BCUT2D eigenvalue weighted by Crippen LogP contribution is -2.14. The van der Waals surface area contributed by atoms with E-state index < -0.39 is 11.9 Å². The van der Waals surface area contributed by atoms with Gasteiger partial charge in [0.15, 0.2) is 5.69 Å². The zero-order valence-corrected chi connectivity index (χ0v) is 13.9. The highest BCUT2D eigenvalue weighted by Gasteiger charge is 2.27. The van der Waals surface area contributed by atoms with Crippen LogP contribution in [0.4, 0.5) is 0 Å². The molecule has 1 aromatic carbocycles. The lowest BCUT2D eigenvalue weighted by molar-refractivity contribution is 0.0547. The molecule has 116 valence electrons. The van der Waals surface area contributed by atoms with Crippen molar-refractivity contribution in [2.24, 2.45) is 0 Å². The fourth-order valence-electron chi connectivity index (χ4n) is 2.13. The van der Waals surface area contributed by atoms with E-state index in [0.29, 0.717) is 15.4 Å². The average molecular weight is 368 g/mol. The molecule has 0 bridgehead atoms. The topological polar surface area (TPSA) is 85.7 Å². The van der Waals surface area contributed by atoms with Crippen LogP contribution in [0.1, 0.15) is 33.3 Å². The van der Waals surface area contributed by atoms with E-state index in [1.807, 2.05) is 13.0 Å². The molecular weight excluding hydrogens is 354 g/mol. The zero-order valence-electron chi connectivity index (χ0n) is 12.3. The number of hydrogen-bond acceptors (Lipinski definition) is 6. The number of fused-ring (bicyclic) bond motifs is 1. The first-order valence-electron chi connectivity index (χ1n) is 6.46. The molecule has 0 radical (unpaired) electrons. The number of esters is 2. The predicted molar refractivity (Wildman–Crippen MR) is 83.2 cm³/mol. The highest BCUT2D eigenvalue weighted by atomic mass is 79.9. The first kappa shape index (κ1) is 16.2. The summed E-state index contributed by atoms with van der Waals surface area (Å²) in [6, 6.07) is 3.57. The monoisotopic (exact) mass is 367 g/mol. The van der Waals surface area contributed by atoms with E-state index in [-0.39, 0.29) is 17.0 Å². The van der Waals surface area contributed by atoms with Crippen molar-refractivity contribution in [2.45, 2.75) is 13.3 Å². The number of halogens is 1. The molecule has 0 aliphatic rings. The second kappa shape index (κ2) is 6.31. The number of aromatic nitrogens is 1. The summed E-state index contributed by atoms with van der Waals surface area (Å²) in [6.45, 7) is 1.97. The van der Waals surface area contributed by atoms with Gasteiger partial charge in [-0.05, 0) is 40.0 Å². The fraction of sp³-hybridized carbons (Fsp3) is 0.267. The summed E-state index contributed by atoms with van der Waals surface area (Å²) in [5.41, 5.74) is 0.760. The van der Waals surface area contributed by atoms with Gasteiger partial charge in [-0.15, -0.1) is 0 Å². The Bertz CT molecular complexity index is 772. The van der Waals surface area contributed by atoms with E-state index >= 15 is 0 Å². The van der Waals surface area contributed by atoms with Crippen molar-refractivity contribution in [3.8, 4) is 5.75 Å². The van der Waals surface area contributed by atoms with E-state index in [1.165, 1.54) is 7.11 Å². The summed E-state index contributed by atoms with van der Waals surface area (Å²) >= 11 is 3.35. The molecule has 0 spiro atoms. The van der Waals surface area contributed by atoms with Crippen molar-refractivity contribution in [3.05, 3.63) is 33.4 Å². The molecule has 0 amide bonds. The van der Waals surface area contributed by atoms with Crippen LogP contribution >= 0.6 is 15.9 Å². The standard InChI is InChI=1S/C15H14BrNO5/c1-4-7-5-8(16)10-9(6-7)17-12(15(20)22-3)11(13(10)18)14(19)21-2/h5-6H,4H2,1-3H3,(H,17,18). The molecule has 1 heterocycles. The molecule has 2 aromatic rings. The number of pyridine rings is 1. The first-order valence-corrected chi connectivity index (χ1v) is 7.25. The summed E-state index contributed by atoms with van der Waals surface area (Å²) in [5, 5.41) is 10.8. The maximum Gasteiger partial charge on any atom is 0.357 e. The smallest absolute Gasteiger partial charge is 0.357 e. The molecule has 0 atom stereocenters. The molecule has 1 N–H and O–H groups in total. The molecule has 7 heteroatoms. The van der Waals surface area contributed by atoms with Gasteiger partial charge in [-0.1, -0.05) is 6.92 Å². The second-order valence-corrected chi connectivity index (χ2v) is 5.35. The van der Waals surface area contributed by atoms with Gasteiger partial charge in [0.2, 0.25) is 0 Å². The molecule has 0 aliphatic heterocycles. The molecule has 0 saturated heterocycles. The van der Waals surface area contributed by atoms with Gasteiger partial charge in [0.1, 0.15) is 11.3 Å². The molecule has 0 unspecified atom stereocenters. The van der Waals surface area contributed by atoms with Crippen molar-refractivity contribution < 1.29 is 24.2 Å². The van der Waals surface area contributed by atoms with Gasteiger partial charge in [-0.3, -0.25) is 0 Å². The minimum Gasteiger partial charge on any atom is -0.506 e. The third-order valence-corrected chi connectivity index (χ3v) is 3.87. The van der Waals surface area contributed by atoms with Crippen molar-refractivity contribution in [3.63, 3.8) is 0 Å². The van der Waals surface area contributed by atoms with Crippen LogP contribution in [0.25, 0.3) is 10.9 Å². The molecule has 22 heavy (non-hydrogen) atoms. The minimum absolute atomic E-state index is 0.278. The molecule has 0 aliphatic carbocycles. The number of carbonyl (C=O) groups is 2. The summed E-state index contributed by atoms with van der Waals surface area (Å²) < 4.78 is 9.83. The van der Waals surface area contributed by atoms with E-state index in [2.05, 4.69) is 30.4 Å². The van der Waals surface area contributed by atoms with Crippen molar-refractivity contribution >= 4 is 38.8 Å². The Morgan fingerprint density at radius 1 is 1.23 bits per heavy atom. The largest absolute Gasteiger partial charge is 0.506 e. The van der Waals surface area contributed by atoms with Crippen LogP contribution in [0.3, 0.4) is 0 Å². The minimum atomic E-state index is -0.862. The van der Waals surface area contributed by atoms with E-state index in [0.717, 1.165) is 19.1 Å². The van der Waals surface area contributed by atoms with Gasteiger partial charge in [-0.25, -0.2) is 14.6 Å². The van der Waals surface area contributed by atoms with Gasteiger partial charge in [-0.2, -0.15) is 0 Å². The van der Waals surface area contributed by atoms with Gasteiger partial charge in [0.25, 0.3) is 0 Å². The highest BCUT2D eigenvalue weighted by Crippen LogP contribution is 2.36. The molecule has 2 rings (SSSR count). The molecule has 6 nitrogen and oxygen atoms in total. The Morgan fingerprint density at radius 3 is 2.41 bits per heavy atom. The first-order chi connectivity index (χ1) is 10.4. The number of methoxy groups -OCH3 is 2. The third kappa shape index (κ3) is 2.64. The van der Waals surface area contributed by atoms with Crippen LogP contribution in [0, 0.1) is 0 Å². The Balaban J connectivity index is 2.92. The van der Waals surface area contributed by atoms with Crippen molar-refractivity contribution in [1.29, 1.82) is 0 Å². The highest BCUT2D eigenvalue weighted by molar-refractivity contribution is 9.10. The van der Waals surface area contributed by atoms with Gasteiger partial charge in [0, 0.05) is 4.47 Å². The van der Waals surface area contributed by atoms with Crippen LogP contribution in [-0.2, 0) is 15.9 Å². The molecule has 0 saturated carbocycles. The lowest BCUT2D eigenvalue weighted by Gasteiger charge is -2.12. The second-order valence-electron chi connectivity index (χ2n) is 4.49. The maximum absolute atomic E-state index is 11.9. The summed E-state index contributed by atoms with van der Waals surface area (Å²) in [5.74, 6) is -2.05. The number of benzene rings is 1. The van der Waals surface area contributed by atoms with Crippen LogP contribution in [0.5, 0.6) is 5.75 Å². The number of aromatic hydroxyl groups is 1.